The van der Waals surface area contributed by atoms with Gasteiger partial charge in [0.1, 0.15) is 5.82 Å². The van der Waals surface area contributed by atoms with Gasteiger partial charge in [0.05, 0.1) is 23.0 Å². The smallest absolute Gasteiger partial charge is 0.229 e. The minimum absolute atomic E-state index is 0.138. The van der Waals surface area contributed by atoms with Gasteiger partial charge >= 0.3 is 0 Å². The lowest BCUT2D eigenvalue weighted by Crippen LogP contribution is -2.28. The van der Waals surface area contributed by atoms with E-state index in [4.69, 9.17) is 0 Å². The van der Waals surface area contributed by atoms with E-state index < -0.39 is 5.92 Å². The number of benzene rings is 1. The number of amides is 2. The first-order valence-electron chi connectivity index (χ1n) is 7.34. The van der Waals surface area contributed by atoms with Crippen molar-refractivity contribution in [1.29, 1.82) is 0 Å². The van der Waals surface area contributed by atoms with Gasteiger partial charge in [0.15, 0.2) is 0 Å². The molecule has 0 aliphatic carbocycles. The lowest BCUT2D eigenvalue weighted by molar-refractivity contribution is -0.122. The van der Waals surface area contributed by atoms with Gasteiger partial charge < -0.3 is 10.2 Å². The lowest BCUT2D eigenvalue weighted by Gasteiger charge is -2.16. The zero-order valence-corrected chi connectivity index (χ0v) is 12.9. The molecule has 1 aromatic heterocycles. The van der Waals surface area contributed by atoms with E-state index in [-0.39, 0.29) is 30.6 Å². The van der Waals surface area contributed by atoms with E-state index in [2.05, 4.69) is 15.5 Å². The Labute approximate surface area is 132 Å². The van der Waals surface area contributed by atoms with Crippen molar-refractivity contribution in [2.24, 2.45) is 5.92 Å². The van der Waals surface area contributed by atoms with Crippen LogP contribution in [0.2, 0.25) is 0 Å². The van der Waals surface area contributed by atoms with Gasteiger partial charge in [-0.2, -0.15) is 5.10 Å². The summed E-state index contributed by atoms with van der Waals surface area (Å²) in [5.41, 5.74) is 2.73. The second-order valence-electron chi connectivity index (χ2n) is 5.68. The third-order valence-electron chi connectivity index (χ3n) is 4.01. The maximum atomic E-state index is 13.0. The number of aryl methyl sites for hydroxylation is 2. The molecule has 3 rings (SSSR count). The van der Waals surface area contributed by atoms with Crippen LogP contribution in [0.3, 0.4) is 0 Å². The predicted octanol–water partition coefficient (Wildman–Crippen LogP) is 2.16. The highest BCUT2D eigenvalue weighted by molar-refractivity contribution is 6.03. The number of H-pyrrole nitrogens is 1. The first kappa shape index (κ1) is 15.2. The monoisotopic (exact) mass is 316 g/mol. The van der Waals surface area contributed by atoms with Gasteiger partial charge in [-0.25, -0.2) is 4.39 Å². The van der Waals surface area contributed by atoms with Crippen molar-refractivity contribution in [3.63, 3.8) is 0 Å². The number of carbonyl (C=O) groups is 2. The van der Waals surface area contributed by atoms with E-state index in [1.807, 2.05) is 6.92 Å². The Morgan fingerprint density at radius 2 is 2.04 bits per heavy atom. The minimum atomic E-state index is -0.443. The molecule has 6 nitrogen and oxygen atoms in total. The number of nitrogens with zero attached hydrogens (tertiary/aromatic N) is 2. The van der Waals surface area contributed by atoms with E-state index >= 15 is 0 Å². The number of rotatable bonds is 3. The molecular weight excluding hydrogens is 299 g/mol. The quantitative estimate of drug-likeness (QED) is 0.911. The maximum Gasteiger partial charge on any atom is 0.229 e. The fraction of sp³-hybridized carbons (Fsp3) is 0.312. The van der Waals surface area contributed by atoms with Gasteiger partial charge in [-0.3, -0.25) is 14.7 Å². The molecule has 23 heavy (non-hydrogen) atoms. The molecule has 1 saturated heterocycles. The molecular formula is C16H17FN4O2. The second-order valence-corrected chi connectivity index (χ2v) is 5.68. The Hall–Kier alpha value is -2.70. The summed E-state index contributed by atoms with van der Waals surface area (Å²) in [6.07, 6.45) is 0.138. The van der Waals surface area contributed by atoms with Crippen molar-refractivity contribution in [2.75, 3.05) is 16.8 Å². The minimum Gasteiger partial charge on any atom is -0.323 e. The standard InChI is InChI=1S/C16H17FN4O2/c1-9-15(10(2)20-19-9)18-16(23)11-7-14(22)21(8-11)13-5-3-12(17)4-6-13/h3-6,11H,7-8H2,1-2H3,(H,18,23)(H,19,20)/t11-/m1/s1. The normalized spacial score (nSPS) is 17.6. The molecule has 7 heteroatoms. The van der Waals surface area contributed by atoms with Crippen molar-refractivity contribution in [3.8, 4) is 0 Å². The molecule has 1 atom stereocenters. The van der Waals surface area contributed by atoms with Gasteiger partial charge in [0, 0.05) is 18.7 Å². The first-order valence-corrected chi connectivity index (χ1v) is 7.34. The summed E-state index contributed by atoms with van der Waals surface area (Å²) < 4.78 is 13.0. The fourth-order valence-electron chi connectivity index (χ4n) is 2.71. The first-order chi connectivity index (χ1) is 11.0. The number of hydrogen-bond acceptors (Lipinski definition) is 3. The average Bonchev–Trinajstić information content (AvgIpc) is 3.05. The molecule has 2 amide bonds. The maximum absolute atomic E-state index is 13.0. The van der Waals surface area contributed by atoms with Crippen LogP contribution < -0.4 is 10.2 Å². The SMILES string of the molecule is Cc1n[nH]c(C)c1NC(=O)[C@@H]1CC(=O)N(c2ccc(F)cc2)C1. The van der Waals surface area contributed by atoms with Crippen molar-refractivity contribution in [1.82, 2.24) is 10.2 Å². The van der Waals surface area contributed by atoms with E-state index in [0.717, 1.165) is 5.69 Å². The van der Waals surface area contributed by atoms with E-state index in [1.165, 1.54) is 29.2 Å². The highest BCUT2D eigenvalue weighted by atomic mass is 19.1. The molecule has 1 aliphatic rings. The summed E-state index contributed by atoms with van der Waals surface area (Å²) in [6.45, 7) is 3.90. The Kier molecular flexibility index (Phi) is 3.85. The summed E-state index contributed by atoms with van der Waals surface area (Å²) >= 11 is 0. The number of carbonyl (C=O) groups excluding carboxylic acids is 2. The van der Waals surface area contributed by atoms with Crippen LogP contribution in [-0.4, -0.2) is 28.6 Å². The summed E-state index contributed by atoms with van der Waals surface area (Å²) in [7, 11) is 0. The molecule has 0 spiro atoms. The Balaban J connectivity index is 1.72. The summed E-state index contributed by atoms with van der Waals surface area (Å²) in [4.78, 5) is 26.1. The number of halogens is 1. The van der Waals surface area contributed by atoms with Gasteiger partial charge in [-0.05, 0) is 38.1 Å². The summed E-state index contributed by atoms with van der Waals surface area (Å²) in [5, 5.41) is 9.66. The Morgan fingerprint density at radius 1 is 1.35 bits per heavy atom. The van der Waals surface area contributed by atoms with Crippen molar-refractivity contribution in [3.05, 3.63) is 41.5 Å². The highest BCUT2D eigenvalue weighted by Crippen LogP contribution is 2.27. The zero-order chi connectivity index (χ0) is 16.6. The predicted molar refractivity (Wildman–Crippen MR) is 83.6 cm³/mol. The van der Waals surface area contributed by atoms with Crippen molar-refractivity contribution in [2.45, 2.75) is 20.3 Å². The van der Waals surface area contributed by atoms with Crippen LogP contribution in [-0.2, 0) is 9.59 Å². The van der Waals surface area contributed by atoms with Crippen LogP contribution in [0, 0.1) is 25.6 Å². The molecule has 2 N–H and O–H groups in total. The van der Waals surface area contributed by atoms with E-state index in [0.29, 0.717) is 17.1 Å². The fourth-order valence-corrected chi connectivity index (χ4v) is 2.71. The van der Waals surface area contributed by atoms with E-state index in [1.54, 1.807) is 6.92 Å². The van der Waals surface area contributed by atoms with Crippen molar-refractivity contribution < 1.29 is 14.0 Å². The molecule has 0 bridgehead atoms. The third-order valence-corrected chi connectivity index (χ3v) is 4.01. The van der Waals surface area contributed by atoms with Gasteiger partial charge in [-0.1, -0.05) is 0 Å². The highest BCUT2D eigenvalue weighted by Gasteiger charge is 2.35. The molecule has 1 aliphatic heterocycles. The number of hydrogen-bond donors (Lipinski definition) is 2. The Bertz CT molecular complexity index is 734. The summed E-state index contributed by atoms with van der Waals surface area (Å²) in [5.74, 6) is -1.16. The number of aromatic nitrogens is 2. The topological polar surface area (TPSA) is 78.1 Å². The number of aromatic amines is 1. The molecule has 0 saturated carbocycles. The molecule has 0 unspecified atom stereocenters. The third kappa shape index (κ3) is 2.94. The van der Waals surface area contributed by atoms with E-state index in [9.17, 15) is 14.0 Å². The van der Waals surface area contributed by atoms with Crippen LogP contribution in [0.15, 0.2) is 24.3 Å². The van der Waals surface area contributed by atoms with Gasteiger partial charge in [0.2, 0.25) is 11.8 Å². The molecule has 1 fully saturated rings. The zero-order valence-electron chi connectivity index (χ0n) is 12.9. The molecule has 2 aromatic rings. The average molecular weight is 316 g/mol. The summed E-state index contributed by atoms with van der Waals surface area (Å²) in [6, 6.07) is 5.68. The molecule has 1 aromatic carbocycles. The van der Waals surface area contributed by atoms with Crippen LogP contribution in [0.25, 0.3) is 0 Å². The number of anilines is 2. The van der Waals surface area contributed by atoms with Crippen LogP contribution in [0.4, 0.5) is 15.8 Å². The molecule has 0 radical (unpaired) electrons. The molecule has 120 valence electrons. The van der Waals surface area contributed by atoms with Crippen molar-refractivity contribution >= 4 is 23.2 Å². The Morgan fingerprint density at radius 3 is 2.65 bits per heavy atom. The largest absolute Gasteiger partial charge is 0.323 e. The van der Waals surface area contributed by atoms with Crippen LogP contribution in [0.5, 0.6) is 0 Å². The van der Waals surface area contributed by atoms with Crippen LogP contribution in [0.1, 0.15) is 17.8 Å². The second kappa shape index (κ2) is 5.83. The number of nitrogens with one attached hydrogen (secondary N) is 2. The van der Waals surface area contributed by atoms with Gasteiger partial charge in [0.25, 0.3) is 0 Å². The lowest BCUT2D eigenvalue weighted by atomic mass is 10.1. The van der Waals surface area contributed by atoms with Crippen LogP contribution >= 0.6 is 0 Å². The van der Waals surface area contributed by atoms with Gasteiger partial charge in [-0.15, -0.1) is 0 Å². The molecule has 2 heterocycles.